The Hall–Kier alpha value is -0.930. The van der Waals surface area contributed by atoms with E-state index in [2.05, 4.69) is 5.10 Å². The molecule has 0 fully saturated rings. The van der Waals surface area contributed by atoms with Crippen LogP contribution in [0.15, 0.2) is 63.1 Å². The largest absolute Gasteiger partial charge is 1.00 e. The van der Waals surface area contributed by atoms with Gasteiger partial charge in [0.15, 0.2) is 0 Å². The molecule has 0 amide bonds. The Kier molecular flexibility index (Phi) is 9.78. The topological polar surface area (TPSA) is 156 Å². The zero-order valence-electron chi connectivity index (χ0n) is 18.9. The van der Waals surface area contributed by atoms with Crippen LogP contribution in [0.2, 0.25) is 0 Å². The second-order valence-electron chi connectivity index (χ2n) is 5.85. The van der Waals surface area contributed by atoms with Gasteiger partial charge >= 0.3 is 59.1 Å². The van der Waals surface area contributed by atoms with Crippen LogP contribution in [-0.2, 0) is 20.2 Å². The van der Waals surface area contributed by atoms with Crippen LogP contribution in [0.5, 0.6) is 5.75 Å². The van der Waals surface area contributed by atoms with Crippen LogP contribution in [0, 0.1) is 0 Å². The van der Waals surface area contributed by atoms with Crippen molar-refractivity contribution >= 4 is 20.2 Å². The first-order chi connectivity index (χ1) is 13.5. The van der Waals surface area contributed by atoms with Gasteiger partial charge in [-0.1, -0.05) is 12.1 Å². The van der Waals surface area contributed by atoms with E-state index >= 15 is 0 Å². The van der Waals surface area contributed by atoms with Crippen molar-refractivity contribution in [3.05, 3.63) is 58.9 Å². The summed E-state index contributed by atoms with van der Waals surface area (Å²) in [6, 6.07) is 10.3. The maximum absolute atomic E-state index is 12.5. The fraction of sp³-hybridized carbons (Fsp3) is 0.118. The van der Waals surface area contributed by atoms with Gasteiger partial charge in [-0.3, -0.25) is 19.0 Å². The molecule has 14 heteroatoms. The number of rotatable bonds is 6. The van der Waals surface area contributed by atoms with Gasteiger partial charge in [0, 0.05) is 11.6 Å². The van der Waals surface area contributed by atoms with Gasteiger partial charge in [-0.05, 0) is 37.3 Å². The molecular formula is C17H18N2Na2O8S2. The summed E-state index contributed by atoms with van der Waals surface area (Å²) in [5, 5.41) is 2.68. The molecule has 1 aromatic heterocycles. The van der Waals surface area contributed by atoms with Crippen molar-refractivity contribution in [1.29, 1.82) is 0 Å². The summed E-state index contributed by atoms with van der Waals surface area (Å²) in [7, 11) is -9.51. The smallest absolute Gasteiger partial charge is 1.00 e. The van der Waals surface area contributed by atoms with Crippen LogP contribution < -0.4 is 69.4 Å². The number of nitrogens with zero attached hydrogens (tertiary/aromatic N) is 1. The van der Waals surface area contributed by atoms with E-state index in [-0.39, 0.29) is 67.7 Å². The maximum Gasteiger partial charge on any atom is 1.00 e. The van der Waals surface area contributed by atoms with E-state index in [1.807, 2.05) is 0 Å². The van der Waals surface area contributed by atoms with Gasteiger partial charge in [0.2, 0.25) is 0 Å². The molecule has 0 atom stereocenters. The van der Waals surface area contributed by atoms with Crippen molar-refractivity contribution in [2.24, 2.45) is 0 Å². The number of H-pyrrole nitrogens is 1. The molecule has 3 rings (SSSR count). The van der Waals surface area contributed by atoms with E-state index in [1.165, 1.54) is 0 Å². The van der Waals surface area contributed by atoms with Gasteiger partial charge in [0.05, 0.1) is 22.9 Å². The molecule has 31 heavy (non-hydrogen) atoms. The first-order valence-electron chi connectivity index (χ1n) is 8.16. The summed E-state index contributed by atoms with van der Waals surface area (Å²) < 4.78 is 71.3. The first kappa shape index (κ1) is 28.1. The van der Waals surface area contributed by atoms with Crippen LogP contribution in [0.1, 0.15) is 9.78 Å². The fourth-order valence-electron chi connectivity index (χ4n) is 2.73. The summed E-state index contributed by atoms with van der Waals surface area (Å²) in [6.45, 7) is 2.15. The number of nitrogens with one attached hydrogen (secondary N) is 1. The predicted octanol–water partition coefficient (Wildman–Crippen LogP) is -4.04. The molecule has 3 N–H and O–H groups in total. The Morgan fingerprint density at radius 2 is 1.65 bits per heavy atom. The molecule has 0 aliphatic rings. The maximum atomic E-state index is 12.5. The zero-order valence-corrected chi connectivity index (χ0v) is 22.6. The Balaban J connectivity index is 0. The molecule has 10 nitrogen and oxygen atoms in total. The van der Waals surface area contributed by atoms with E-state index in [4.69, 9.17) is 4.74 Å². The monoisotopic (exact) mass is 488 g/mol. The Labute approximate surface area is 225 Å². The third-order valence-electron chi connectivity index (χ3n) is 3.94. The molecule has 0 aliphatic carbocycles. The van der Waals surface area contributed by atoms with E-state index in [9.17, 15) is 30.7 Å². The fourth-order valence-corrected chi connectivity index (χ4v) is 3.89. The van der Waals surface area contributed by atoms with Crippen LogP contribution in [-0.4, -0.2) is 42.3 Å². The molecule has 0 saturated carbocycles. The number of aromatic amines is 1. The second-order valence-corrected chi connectivity index (χ2v) is 8.66. The molecule has 0 spiro atoms. The van der Waals surface area contributed by atoms with Gasteiger partial charge in [-0.2, -0.15) is 16.8 Å². The first-order valence-corrected chi connectivity index (χ1v) is 11.0. The summed E-state index contributed by atoms with van der Waals surface area (Å²) in [6.07, 6.45) is 0. The van der Waals surface area contributed by atoms with Crippen LogP contribution >= 0.6 is 0 Å². The predicted molar refractivity (Wildman–Crippen MR) is 105 cm³/mol. The average molecular weight is 488 g/mol. The van der Waals surface area contributed by atoms with Crippen molar-refractivity contribution < 1.29 is 92.6 Å². The van der Waals surface area contributed by atoms with Crippen molar-refractivity contribution in [3.8, 4) is 22.7 Å². The molecule has 0 bridgehead atoms. The molecule has 0 radical (unpaired) electrons. The Morgan fingerprint density at radius 1 is 1.00 bits per heavy atom. The molecule has 0 saturated heterocycles. The standard InChI is InChI=1S/C17H16N2O8S2.2Na.2H/c1-2-27-15-6-4-3-5-12(15)13-10-17(20)19(18-13)14-9-11(28(21,22)23)7-8-16(14)29(24,25)26;;;;/h3-10,18H,2H2,1H3,(H,21,22,23)(H,24,25,26);;;;/q;2*+1;2*-1. The van der Waals surface area contributed by atoms with Crippen LogP contribution in [0.4, 0.5) is 0 Å². The van der Waals surface area contributed by atoms with Gasteiger partial charge in [0.25, 0.3) is 25.8 Å². The Bertz CT molecular complexity index is 1360. The van der Waals surface area contributed by atoms with Crippen LogP contribution in [0.3, 0.4) is 0 Å². The van der Waals surface area contributed by atoms with Crippen molar-refractivity contribution in [1.82, 2.24) is 9.78 Å². The van der Waals surface area contributed by atoms with Crippen LogP contribution in [0.25, 0.3) is 16.9 Å². The third kappa shape index (κ3) is 6.32. The molecular weight excluding hydrogens is 470 g/mol. The summed E-state index contributed by atoms with van der Waals surface area (Å²) >= 11 is 0. The quantitative estimate of drug-likeness (QED) is 0.234. The third-order valence-corrected chi connectivity index (χ3v) is 5.70. The minimum absolute atomic E-state index is 0. The minimum Gasteiger partial charge on any atom is -1.00 e. The molecule has 158 valence electrons. The number of hydrogen-bond acceptors (Lipinski definition) is 6. The van der Waals surface area contributed by atoms with Crippen molar-refractivity contribution in [3.63, 3.8) is 0 Å². The second kappa shape index (κ2) is 10.8. The summed E-state index contributed by atoms with van der Waals surface area (Å²) in [4.78, 5) is 11.1. The zero-order chi connectivity index (χ0) is 21.4. The van der Waals surface area contributed by atoms with Gasteiger partial charge in [-0.15, -0.1) is 0 Å². The van der Waals surface area contributed by atoms with Gasteiger partial charge in [-0.25, -0.2) is 4.68 Å². The normalized spacial score (nSPS) is 11.3. The number of benzene rings is 2. The molecule has 0 unspecified atom stereocenters. The molecule has 0 aliphatic heterocycles. The number of hydrogen-bond donors (Lipinski definition) is 3. The van der Waals surface area contributed by atoms with Gasteiger partial charge in [0.1, 0.15) is 10.6 Å². The summed E-state index contributed by atoms with van der Waals surface area (Å²) in [5.41, 5.74) is -0.446. The number of ether oxygens (including phenoxy) is 1. The van der Waals surface area contributed by atoms with E-state index < -0.39 is 41.3 Å². The number of aromatic nitrogens is 2. The van der Waals surface area contributed by atoms with Crippen molar-refractivity contribution in [2.45, 2.75) is 16.7 Å². The average Bonchev–Trinajstić information content (AvgIpc) is 3.02. The SMILES string of the molecule is CCOc1ccccc1-c1cc(=O)n(-c2cc(S(=O)(=O)O)ccc2S(=O)(=O)O)[nH]1.[H-].[H-].[Na+].[Na+]. The number of para-hydroxylation sites is 1. The van der Waals surface area contributed by atoms with Crippen molar-refractivity contribution in [2.75, 3.05) is 6.61 Å². The van der Waals surface area contributed by atoms with E-state index in [0.29, 0.717) is 17.9 Å². The Morgan fingerprint density at radius 3 is 2.23 bits per heavy atom. The molecule has 3 aromatic rings. The molecule has 2 aromatic carbocycles. The molecule has 1 heterocycles. The summed E-state index contributed by atoms with van der Waals surface area (Å²) in [5.74, 6) is 0.463. The van der Waals surface area contributed by atoms with E-state index in [0.717, 1.165) is 28.9 Å². The minimum atomic E-state index is -4.81. The van der Waals surface area contributed by atoms with E-state index in [1.54, 1.807) is 31.2 Å². The van der Waals surface area contributed by atoms with Gasteiger partial charge < -0.3 is 7.59 Å².